The van der Waals surface area contributed by atoms with Crippen LogP contribution >= 0.6 is 23.2 Å². The van der Waals surface area contributed by atoms with Gasteiger partial charge in [-0.1, -0.05) is 41.4 Å². The van der Waals surface area contributed by atoms with Crippen LogP contribution in [0.3, 0.4) is 0 Å². The lowest BCUT2D eigenvalue weighted by Crippen LogP contribution is -2.32. The molecule has 3 aromatic rings. The summed E-state index contributed by atoms with van der Waals surface area (Å²) in [6.07, 6.45) is 0.578. The maximum Gasteiger partial charge on any atom is 0.235 e. The van der Waals surface area contributed by atoms with E-state index in [0.717, 1.165) is 5.56 Å². The van der Waals surface area contributed by atoms with Gasteiger partial charge in [-0.2, -0.15) is 0 Å². The number of sulfone groups is 1. The first-order valence-corrected chi connectivity index (χ1v) is 11.7. The predicted molar refractivity (Wildman–Crippen MR) is 117 cm³/mol. The molecule has 1 amide bonds. The van der Waals surface area contributed by atoms with Crippen LogP contribution in [0.4, 0.5) is 0 Å². The maximum absolute atomic E-state index is 12.5. The van der Waals surface area contributed by atoms with Crippen LogP contribution in [0.15, 0.2) is 52.9 Å². The third-order valence-corrected chi connectivity index (χ3v) is 6.22. The standard InChI is InChI=1S/C21H20Cl2N2O4S/c1-14-19(25-21(29-14)16-3-2-4-18(23)11-16)12-30(27,28)13-20(26)24-10-9-15-5-7-17(22)8-6-15/h2-8,11H,9-10,12-13H2,1H3,(H,24,26). The van der Waals surface area contributed by atoms with Gasteiger partial charge in [-0.05, 0) is 49.2 Å². The van der Waals surface area contributed by atoms with Gasteiger partial charge >= 0.3 is 0 Å². The first-order chi connectivity index (χ1) is 14.2. The Morgan fingerprint density at radius 1 is 1.10 bits per heavy atom. The molecule has 1 aromatic heterocycles. The largest absolute Gasteiger partial charge is 0.441 e. The maximum atomic E-state index is 12.5. The summed E-state index contributed by atoms with van der Waals surface area (Å²) in [4.78, 5) is 16.3. The molecule has 3 rings (SSSR count). The molecule has 0 aliphatic heterocycles. The Balaban J connectivity index is 1.57. The van der Waals surface area contributed by atoms with Crippen LogP contribution in [0, 0.1) is 6.92 Å². The third-order valence-electron chi connectivity index (χ3n) is 4.32. The molecule has 6 nitrogen and oxygen atoms in total. The fraction of sp³-hybridized carbons (Fsp3) is 0.238. The molecule has 0 spiro atoms. The van der Waals surface area contributed by atoms with E-state index in [1.165, 1.54) is 0 Å². The Labute approximate surface area is 185 Å². The van der Waals surface area contributed by atoms with Crippen LogP contribution in [0.25, 0.3) is 11.5 Å². The van der Waals surface area contributed by atoms with E-state index in [2.05, 4.69) is 10.3 Å². The lowest BCUT2D eigenvalue weighted by molar-refractivity contribution is -0.118. The molecular formula is C21H20Cl2N2O4S. The van der Waals surface area contributed by atoms with Crippen LogP contribution in [-0.4, -0.2) is 31.6 Å². The molecule has 0 atom stereocenters. The summed E-state index contributed by atoms with van der Waals surface area (Å²) >= 11 is 11.8. The van der Waals surface area contributed by atoms with E-state index >= 15 is 0 Å². The molecule has 0 fully saturated rings. The van der Waals surface area contributed by atoms with Gasteiger partial charge in [-0.15, -0.1) is 0 Å². The number of carbonyl (C=O) groups is 1. The first kappa shape index (κ1) is 22.3. The number of carbonyl (C=O) groups excluding carboxylic acids is 1. The molecule has 0 saturated heterocycles. The number of nitrogens with zero attached hydrogens (tertiary/aromatic N) is 1. The minimum Gasteiger partial charge on any atom is -0.441 e. The molecule has 0 unspecified atom stereocenters. The van der Waals surface area contributed by atoms with Crippen molar-refractivity contribution in [1.82, 2.24) is 10.3 Å². The van der Waals surface area contributed by atoms with Crippen molar-refractivity contribution in [3.63, 3.8) is 0 Å². The van der Waals surface area contributed by atoms with Crippen molar-refractivity contribution in [3.8, 4) is 11.5 Å². The molecule has 0 aliphatic carbocycles. The van der Waals surface area contributed by atoms with Crippen molar-refractivity contribution in [3.05, 3.63) is 75.6 Å². The normalized spacial score (nSPS) is 11.4. The quantitative estimate of drug-likeness (QED) is 0.536. The molecule has 0 aliphatic rings. The summed E-state index contributed by atoms with van der Waals surface area (Å²) in [7, 11) is -3.71. The topological polar surface area (TPSA) is 89.3 Å². The van der Waals surface area contributed by atoms with Crippen molar-refractivity contribution in [2.75, 3.05) is 12.3 Å². The second kappa shape index (κ2) is 9.64. The Morgan fingerprint density at radius 3 is 2.53 bits per heavy atom. The van der Waals surface area contributed by atoms with Crippen molar-refractivity contribution in [1.29, 1.82) is 0 Å². The number of rotatable bonds is 8. The number of hydrogen-bond donors (Lipinski definition) is 1. The van der Waals surface area contributed by atoms with Crippen molar-refractivity contribution in [2.45, 2.75) is 19.1 Å². The zero-order valence-corrected chi connectivity index (χ0v) is 18.5. The van der Waals surface area contributed by atoms with Gasteiger partial charge in [0.25, 0.3) is 0 Å². The lowest BCUT2D eigenvalue weighted by Gasteiger charge is -2.06. The number of aryl methyl sites for hydroxylation is 1. The van der Waals surface area contributed by atoms with Crippen molar-refractivity contribution >= 4 is 38.9 Å². The fourth-order valence-electron chi connectivity index (χ4n) is 2.81. The number of hydrogen-bond acceptors (Lipinski definition) is 5. The minimum atomic E-state index is -3.71. The molecule has 0 bridgehead atoms. The number of amides is 1. The van der Waals surface area contributed by atoms with Gasteiger partial charge in [0, 0.05) is 22.2 Å². The summed E-state index contributed by atoms with van der Waals surface area (Å²) in [5.74, 6) is -0.885. The number of benzene rings is 2. The molecular weight excluding hydrogens is 447 g/mol. The van der Waals surface area contributed by atoms with E-state index in [-0.39, 0.29) is 17.3 Å². The smallest absolute Gasteiger partial charge is 0.235 e. The average Bonchev–Trinajstić information content (AvgIpc) is 3.03. The van der Waals surface area contributed by atoms with E-state index in [1.54, 1.807) is 43.3 Å². The van der Waals surface area contributed by atoms with Crippen LogP contribution in [0.5, 0.6) is 0 Å². The van der Waals surface area contributed by atoms with Gasteiger partial charge in [0.15, 0.2) is 9.84 Å². The molecule has 2 aromatic carbocycles. The highest BCUT2D eigenvalue weighted by atomic mass is 35.5. The SMILES string of the molecule is Cc1oc(-c2cccc(Cl)c2)nc1CS(=O)(=O)CC(=O)NCCc1ccc(Cl)cc1. The summed E-state index contributed by atoms with van der Waals surface area (Å²) in [6, 6.07) is 14.2. The number of halogens is 2. The number of nitrogens with one attached hydrogen (secondary N) is 1. The lowest BCUT2D eigenvalue weighted by atomic mass is 10.1. The van der Waals surface area contributed by atoms with Crippen LogP contribution in [0.2, 0.25) is 10.0 Å². The van der Waals surface area contributed by atoms with Gasteiger partial charge in [0.1, 0.15) is 11.5 Å². The average molecular weight is 467 g/mol. The Morgan fingerprint density at radius 2 is 1.83 bits per heavy atom. The second-order valence-corrected chi connectivity index (χ2v) is 9.73. The van der Waals surface area contributed by atoms with Crippen LogP contribution in [-0.2, 0) is 26.8 Å². The third kappa shape index (κ3) is 6.32. The second-order valence-electron chi connectivity index (χ2n) is 6.79. The Hall–Kier alpha value is -2.35. The molecule has 30 heavy (non-hydrogen) atoms. The molecule has 0 radical (unpaired) electrons. The summed E-state index contributed by atoms with van der Waals surface area (Å²) in [5.41, 5.74) is 1.92. The fourth-order valence-corrected chi connectivity index (χ4v) is 4.42. The number of oxazole rings is 1. The van der Waals surface area contributed by atoms with Crippen molar-refractivity contribution in [2.24, 2.45) is 0 Å². The van der Waals surface area contributed by atoms with Crippen LogP contribution in [0.1, 0.15) is 17.0 Å². The Kier molecular flexibility index (Phi) is 7.18. The highest BCUT2D eigenvalue weighted by molar-refractivity contribution is 7.91. The Bertz CT molecular complexity index is 1140. The highest BCUT2D eigenvalue weighted by Gasteiger charge is 2.22. The van der Waals surface area contributed by atoms with Crippen molar-refractivity contribution < 1.29 is 17.6 Å². The molecule has 0 saturated carbocycles. The summed E-state index contributed by atoms with van der Waals surface area (Å²) in [6.45, 7) is 1.97. The molecule has 1 heterocycles. The predicted octanol–water partition coefficient (Wildman–Crippen LogP) is 4.23. The van der Waals surface area contributed by atoms with Gasteiger partial charge in [-0.25, -0.2) is 13.4 Å². The van der Waals surface area contributed by atoms with E-state index in [0.29, 0.717) is 34.3 Å². The summed E-state index contributed by atoms with van der Waals surface area (Å²) < 4.78 is 30.5. The monoisotopic (exact) mass is 466 g/mol. The number of aromatic nitrogens is 1. The van der Waals surface area contributed by atoms with Crippen LogP contribution < -0.4 is 5.32 Å². The molecule has 9 heteroatoms. The highest BCUT2D eigenvalue weighted by Crippen LogP contribution is 2.25. The van der Waals surface area contributed by atoms with Gasteiger partial charge in [0.2, 0.25) is 11.8 Å². The molecule has 1 N–H and O–H groups in total. The van der Waals surface area contributed by atoms with E-state index in [1.807, 2.05) is 12.1 Å². The van der Waals surface area contributed by atoms with E-state index in [4.69, 9.17) is 27.6 Å². The zero-order chi connectivity index (χ0) is 21.7. The first-order valence-electron chi connectivity index (χ1n) is 9.16. The minimum absolute atomic E-state index is 0.277. The van der Waals surface area contributed by atoms with E-state index in [9.17, 15) is 13.2 Å². The van der Waals surface area contributed by atoms with Gasteiger partial charge in [-0.3, -0.25) is 4.79 Å². The van der Waals surface area contributed by atoms with Gasteiger partial charge in [0.05, 0.1) is 11.4 Å². The summed E-state index contributed by atoms with van der Waals surface area (Å²) in [5, 5.41) is 3.79. The van der Waals surface area contributed by atoms with E-state index < -0.39 is 21.5 Å². The zero-order valence-electron chi connectivity index (χ0n) is 16.2. The molecule has 158 valence electrons. The van der Waals surface area contributed by atoms with Gasteiger partial charge < -0.3 is 9.73 Å².